The predicted octanol–water partition coefficient (Wildman–Crippen LogP) is 3.91. The van der Waals surface area contributed by atoms with Crippen molar-refractivity contribution in [3.63, 3.8) is 0 Å². The van der Waals surface area contributed by atoms with Crippen LogP contribution in [0.3, 0.4) is 0 Å². The van der Waals surface area contributed by atoms with Gasteiger partial charge in [-0.25, -0.2) is 0 Å². The Morgan fingerprint density at radius 3 is 2.76 bits per heavy atom. The summed E-state index contributed by atoms with van der Waals surface area (Å²) in [5.41, 5.74) is 2.31. The van der Waals surface area contributed by atoms with Crippen molar-refractivity contribution >= 4 is 22.9 Å². The summed E-state index contributed by atoms with van der Waals surface area (Å²) in [6.45, 7) is 5.23. The van der Waals surface area contributed by atoms with Gasteiger partial charge in [-0.15, -0.1) is 10.2 Å². The Morgan fingerprint density at radius 2 is 1.97 bits per heavy atom. The van der Waals surface area contributed by atoms with Crippen molar-refractivity contribution in [2.45, 2.75) is 57.4 Å². The van der Waals surface area contributed by atoms with Crippen LogP contribution in [0.15, 0.2) is 34.9 Å². The number of nitrogens with zero attached hydrogens (tertiary/aromatic N) is 5. The summed E-state index contributed by atoms with van der Waals surface area (Å²) in [5, 5.41) is 30.8. The third-order valence-electron chi connectivity index (χ3n) is 7.76. The van der Waals surface area contributed by atoms with Gasteiger partial charge in [0, 0.05) is 29.1 Å². The Hall–Kier alpha value is -3.43. The first-order valence-corrected chi connectivity index (χ1v) is 12.2. The molecule has 10 nitrogen and oxygen atoms in total. The summed E-state index contributed by atoms with van der Waals surface area (Å²) in [7, 11) is 0. The molecule has 0 bridgehead atoms. The van der Waals surface area contributed by atoms with E-state index in [1.54, 1.807) is 0 Å². The summed E-state index contributed by atoms with van der Waals surface area (Å²) in [4.78, 5) is 3.36. The molecule has 34 heavy (non-hydrogen) atoms. The molecule has 4 N–H and O–H groups in total. The second-order valence-corrected chi connectivity index (χ2v) is 10.5. The molecule has 0 radical (unpaired) electrons. The lowest BCUT2D eigenvalue weighted by molar-refractivity contribution is 0.324. The van der Waals surface area contributed by atoms with E-state index in [1.807, 2.05) is 6.07 Å². The fraction of sp³-hybridized carbons (Fsp3) is 0.542. The molecular formula is C24H31N9O. The highest BCUT2D eigenvalue weighted by Crippen LogP contribution is 2.55. The molecule has 2 fully saturated rings. The van der Waals surface area contributed by atoms with Crippen molar-refractivity contribution in [2.24, 2.45) is 17.8 Å². The number of aromatic amines is 2. The molecule has 6 rings (SSSR count). The van der Waals surface area contributed by atoms with Crippen molar-refractivity contribution in [2.75, 3.05) is 17.2 Å². The zero-order valence-corrected chi connectivity index (χ0v) is 19.6. The summed E-state index contributed by atoms with van der Waals surface area (Å²) < 4.78 is 6.22. The number of hydrogen-bond donors (Lipinski definition) is 4. The maximum atomic E-state index is 6.22. The first-order chi connectivity index (χ1) is 16.6. The van der Waals surface area contributed by atoms with E-state index in [-0.39, 0.29) is 11.5 Å². The average Bonchev–Trinajstić information content (AvgIpc) is 3.62. The largest absolute Gasteiger partial charge is 0.408 e. The molecule has 4 aromatic rings. The maximum absolute atomic E-state index is 6.22. The van der Waals surface area contributed by atoms with Gasteiger partial charge >= 0.3 is 6.01 Å². The Balaban J connectivity index is 1.19. The van der Waals surface area contributed by atoms with Crippen LogP contribution in [0.25, 0.3) is 10.9 Å². The van der Waals surface area contributed by atoms with Crippen LogP contribution < -0.4 is 10.6 Å². The van der Waals surface area contributed by atoms with Crippen molar-refractivity contribution in [3.8, 4) is 0 Å². The van der Waals surface area contributed by atoms with Gasteiger partial charge in [-0.05, 0) is 66.7 Å². The van der Waals surface area contributed by atoms with Crippen molar-refractivity contribution < 1.29 is 4.42 Å². The number of hydrogen-bond acceptors (Lipinski definition) is 8. The van der Waals surface area contributed by atoms with E-state index >= 15 is 0 Å². The quantitative estimate of drug-likeness (QED) is 0.310. The Labute approximate surface area is 197 Å². The van der Waals surface area contributed by atoms with Crippen LogP contribution >= 0.6 is 0 Å². The van der Waals surface area contributed by atoms with E-state index in [1.165, 1.54) is 23.8 Å². The van der Waals surface area contributed by atoms with E-state index in [2.05, 4.69) is 84.7 Å². The molecule has 2 unspecified atom stereocenters. The highest BCUT2D eigenvalue weighted by molar-refractivity contribution is 5.83. The van der Waals surface area contributed by atoms with Gasteiger partial charge in [0.2, 0.25) is 5.89 Å². The second-order valence-electron chi connectivity index (χ2n) is 10.5. The van der Waals surface area contributed by atoms with Gasteiger partial charge in [-0.1, -0.05) is 42.2 Å². The van der Waals surface area contributed by atoms with Gasteiger partial charge in [0.05, 0.1) is 6.04 Å². The molecule has 2 aliphatic rings. The van der Waals surface area contributed by atoms with E-state index in [0.29, 0.717) is 18.5 Å². The van der Waals surface area contributed by atoms with Gasteiger partial charge in [-0.2, -0.15) is 5.21 Å². The van der Waals surface area contributed by atoms with E-state index in [9.17, 15) is 0 Å². The van der Waals surface area contributed by atoms with E-state index in [0.717, 1.165) is 48.4 Å². The standard InChI is InChI=1S/C24H31N9O/c1-14-7-15-10-24(2,11-16(15)8-14)21-28-31-23(34-21)27-18(13-26-22-29-32-33-30-22)9-17-12-25-20-6-4-3-5-19(17)20/h3-6,12,14-16,18,25H,7-11,13H2,1-2H3,(H,27,31)(H2,26,29,30,32,33)/t14?,15?,16?,18-,24?/m0/s1. The van der Waals surface area contributed by atoms with Crippen molar-refractivity contribution in [1.29, 1.82) is 0 Å². The third kappa shape index (κ3) is 4.01. The fourth-order valence-electron chi connectivity index (χ4n) is 6.32. The van der Waals surface area contributed by atoms with Crippen LogP contribution in [0.2, 0.25) is 0 Å². The van der Waals surface area contributed by atoms with Crippen LogP contribution in [-0.4, -0.2) is 48.4 Å². The maximum Gasteiger partial charge on any atom is 0.315 e. The molecule has 2 saturated carbocycles. The van der Waals surface area contributed by atoms with Crippen LogP contribution in [0, 0.1) is 17.8 Å². The zero-order valence-electron chi connectivity index (χ0n) is 19.6. The number of fused-ring (bicyclic) bond motifs is 2. The molecule has 0 spiro atoms. The molecule has 1 aromatic carbocycles. The molecule has 3 aromatic heterocycles. The number of H-pyrrole nitrogens is 2. The molecule has 3 heterocycles. The Bertz CT molecular complexity index is 1230. The lowest BCUT2D eigenvalue weighted by Gasteiger charge is -2.21. The first kappa shape index (κ1) is 21.1. The molecular weight excluding hydrogens is 430 g/mol. The van der Waals surface area contributed by atoms with Crippen LogP contribution in [0.5, 0.6) is 0 Å². The Kier molecular flexibility index (Phi) is 5.23. The Morgan fingerprint density at radius 1 is 1.15 bits per heavy atom. The first-order valence-electron chi connectivity index (χ1n) is 12.2. The van der Waals surface area contributed by atoms with Gasteiger partial charge < -0.3 is 20.0 Å². The van der Waals surface area contributed by atoms with Gasteiger partial charge in [0.15, 0.2) is 0 Å². The minimum absolute atomic E-state index is 0.0254. The zero-order chi connectivity index (χ0) is 23.1. The molecule has 178 valence electrons. The van der Waals surface area contributed by atoms with Crippen molar-refractivity contribution in [1.82, 2.24) is 35.8 Å². The highest BCUT2D eigenvalue weighted by Gasteiger charge is 2.49. The molecule has 0 amide bonds. The summed E-state index contributed by atoms with van der Waals surface area (Å²) >= 11 is 0. The van der Waals surface area contributed by atoms with Crippen LogP contribution in [0.4, 0.5) is 12.0 Å². The molecule has 2 aliphatic carbocycles. The van der Waals surface area contributed by atoms with Crippen molar-refractivity contribution in [3.05, 3.63) is 41.9 Å². The number of rotatable bonds is 8. The third-order valence-corrected chi connectivity index (χ3v) is 7.76. The van der Waals surface area contributed by atoms with Gasteiger partial charge in [0.25, 0.3) is 5.95 Å². The minimum atomic E-state index is -0.0301. The number of nitrogens with one attached hydrogen (secondary N) is 4. The molecule has 0 aliphatic heterocycles. The predicted molar refractivity (Wildman–Crippen MR) is 128 cm³/mol. The van der Waals surface area contributed by atoms with E-state index in [4.69, 9.17) is 4.42 Å². The summed E-state index contributed by atoms with van der Waals surface area (Å²) in [6.07, 6.45) is 7.75. The molecule has 10 heteroatoms. The molecule has 0 saturated heterocycles. The fourth-order valence-corrected chi connectivity index (χ4v) is 6.32. The van der Waals surface area contributed by atoms with Crippen LogP contribution in [-0.2, 0) is 11.8 Å². The number of anilines is 2. The highest BCUT2D eigenvalue weighted by atomic mass is 16.4. The van der Waals surface area contributed by atoms with Gasteiger partial charge in [0.1, 0.15) is 0 Å². The summed E-state index contributed by atoms with van der Waals surface area (Å²) in [6, 6.07) is 8.75. The number of para-hydroxylation sites is 1. The molecule has 3 atom stereocenters. The van der Waals surface area contributed by atoms with E-state index < -0.39 is 0 Å². The lowest BCUT2D eigenvalue weighted by atomic mass is 9.85. The average molecular weight is 462 g/mol. The second kappa shape index (κ2) is 8.41. The number of tetrazole rings is 1. The minimum Gasteiger partial charge on any atom is -0.408 e. The smallest absolute Gasteiger partial charge is 0.315 e. The van der Waals surface area contributed by atoms with Gasteiger partial charge in [-0.3, -0.25) is 0 Å². The SMILES string of the molecule is CC1CC2CC(C)(c3nnc(N[C@H](CNc4nn[nH]n4)Cc4c[nH]c5ccccc45)o3)CC2C1. The van der Waals surface area contributed by atoms with Crippen LogP contribution in [0.1, 0.15) is 51.0 Å². The monoisotopic (exact) mass is 461 g/mol. The summed E-state index contributed by atoms with van der Waals surface area (Å²) in [5.74, 6) is 3.64. The number of benzene rings is 1. The lowest BCUT2D eigenvalue weighted by Crippen LogP contribution is -2.31. The normalized spacial score (nSPS) is 27.2. The topological polar surface area (TPSA) is 133 Å². The number of aromatic nitrogens is 7.